The van der Waals surface area contributed by atoms with Crippen LogP contribution in [0.1, 0.15) is 19.8 Å². The number of rotatable bonds is 3. The highest BCUT2D eigenvalue weighted by Gasteiger charge is 2.38. The zero-order valence-corrected chi connectivity index (χ0v) is 10.3. The standard InChI is InChI=1S/C12H21NO4/c1-2-11-10(3-5-17-11)12(15)13-4-6-16-8-9(13)7-14/h9-11,14H,2-8H2,1H3. The number of carbonyl (C=O) groups excluding carboxylic acids is 1. The molecular weight excluding hydrogens is 222 g/mol. The van der Waals surface area contributed by atoms with Crippen LogP contribution in [-0.4, -0.2) is 61.0 Å². The topological polar surface area (TPSA) is 59.0 Å². The Kier molecular flexibility index (Phi) is 4.36. The summed E-state index contributed by atoms with van der Waals surface area (Å²) in [6, 6.07) is -0.186. The van der Waals surface area contributed by atoms with Crippen molar-refractivity contribution in [1.82, 2.24) is 4.90 Å². The molecule has 0 aromatic heterocycles. The van der Waals surface area contributed by atoms with E-state index in [1.165, 1.54) is 0 Å². The second-order valence-electron chi connectivity index (χ2n) is 4.66. The first-order valence-corrected chi connectivity index (χ1v) is 6.38. The van der Waals surface area contributed by atoms with E-state index < -0.39 is 0 Å². The molecule has 0 radical (unpaired) electrons. The first-order valence-electron chi connectivity index (χ1n) is 6.38. The van der Waals surface area contributed by atoms with Crippen molar-refractivity contribution < 1.29 is 19.4 Å². The maximum Gasteiger partial charge on any atom is 0.228 e. The summed E-state index contributed by atoms with van der Waals surface area (Å²) in [6.07, 6.45) is 1.71. The largest absolute Gasteiger partial charge is 0.394 e. The van der Waals surface area contributed by atoms with Gasteiger partial charge in [-0.15, -0.1) is 0 Å². The van der Waals surface area contributed by atoms with Crippen molar-refractivity contribution in [3.63, 3.8) is 0 Å². The van der Waals surface area contributed by atoms with Crippen LogP contribution < -0.4 is 0 Å². The van der Waals surface area contributed by atoms with E-state index in [4.69, 9.17) is 9.47 Å². The van der Waals surface area contributed by atoms with Crippen LogP contribution in [0, 0.1) is 5.92 Å². The van der Waals surface area contributed by atoms with E-state index in [-0.39, 0.29) is 30.6 Å². The zero-order chi connectivity index (χ0) is 12.3. The molecule has 5 heteroatoms. The van der Waals surface area contributed by atoms with Gasteiger partial charge >= 0.3 is 0 Å². The van der Waals surface area contributed by atoms with E-state index in [0.29, 0.717) is 26.4 Å². The van der Waals surface area contributed by atoms with Gasteiger partial charge in [0.1, 0.15) is 0 Å². The lowest BCUT2D eigenvalue weighted by atomic mass is 9.97. The number of nitrogens with zero attached hydrogens (tertiary/aromatic N) is 1. The molecule has 2 rings (SSSR count). The average Bonchev–Trinajstić information content (AvgIpc) is 2.86. The molecule has 3 unspecified atom stereocenters. The summed E-state index contributed by atoms with van der Waals surface area (Å²) in [5.74, 6) is 0.0869. The maximum atomic E-state index is 12.4. The monoisotopic (exact) mass is 243 g/mol. The Bertz CT molecular complexity index is 271. The number of morpholine rings is 1. The van der Waals surface area contributed by atoms with Gasteiger partial charge in [0.2, 0.25) is 5.91 Å². The van der Waals surface area contributed by atoms with Gasteiger partial charge in [-0.1, -0.05) is 6.92 Å². The molecule has 98 valence electrons. The Labute approximate surface area is 102 Å². The van der Waals surface area contributed by atoms with Crippen molar-refractivity contribution in [3.05, 3.63) is 0 Å². The molecule has 0 bridgehead atoms. The fourth-order valence-electron chi connectivity index (χ4n) is 2.64. The highest BCUT2D eigenvalue weighted by Crippen LogP contribution is 2.26. The Morgan fingerprint density at radius 2 is 2.29 bits per heavy atom. The molecule has 0 spiro atoms. The summed E-state index contributed by atoms with van der Waals surface area (Å²) in [7, 11) is 0. The minimum atomic E-state index is -0.186. The molecule has 3 atom stereocenters. The fourth-order valence-corrected chi connectivity index (χ4v) is 2.64. The van der Waals surface area contributed by atoms with Crippen molar-refractivity contribution >= 4 is 5.91 Å². The van der Waals surface area contributed by atoms with Crippen molar-refractivity contribution in [2.45, 2.75) is 31.9 Å². The predicted molar refractivity (Wildman–Crippen MR) is 61.5 cm³/mol. The predicted octanol–water partition coefficient (Wildman–Crippen LogP) is 0.0212. The molecular formula is C12H21NO4. The van der Waals surface area contributed by atoms with Crippen LogP contribution in [0.25, 0.3) is 0 Å². The van der Waals surface area contributed by atoms with Gasteiger partial charge in [0.05, 0.1) is 37.9 Å². The lowest BCUT2D eigenvalue weighted by Gasteiger charge is -2.36. The molecule has 2 saturated heterocycles. The lowest BCUT2D eigenvalue weighted by molar-refractivity contribution is -0.147. The summed E-state index contributed by atoms with van der Waals surface area (Å²) >= 11 is 0. The van der Waals surface area contributed by atoms with Crippen molar-refractivity contribution in [1.29, 1.82) is 0 Å². The number of amides is 1. The molecule has 0 aromatic rings. The summed E-state index contributed by atoms with van der Waals surface area (Å²) < 4.78 is 10.8. The Balaban J connectivity index is 2.02. The van der Waals surface area contributed by atoms with Crippen LogP contribution in [0.3, 0.4) is 0 Å². The van der Waals surface area contributed by atoms with Gasteiger partial charge in [0.25, 0.3) is 0 Å². The van der Waals surface area contributed by atoms with E-state index in [0.717, 1.165) is 12.8 Å². The lowest BCUT2D eigenvalue weighted by Crippen LogP contribution is -2.53. The molecule has 17 heavy (non-hydrogen) atoms. The van der Waals surface area contributed by atoms with Gasteiger partial charge in [0, 0.05) is 13.2 Å². The molecule has 5 nitrogen and oxygen atoms in total. The van der Waals surface area contributed by atoms with Gasteiger partial charge in [0.15, 0.2) is 0 Å². The first-order chi connectivity index (χ1) is 8.27. The molecule has 1 amide bonds. The Morgan fingerprint density at radius 1 is 1.47 bits per heavy atom. The molecule has 0 aliphatic carbocycles. The van der Waals surface area contributed by atoms with E-state index in [1.54, 1.807) is 4.90 Å². The quantitative estimate of drug-likeness (QED) is 0.759. The molecule has 0 saturated carbocycles. The highest BCUT2D eigenvalue weighted by molar-refractivity contribution is 5.80. The van der Waals surface area contributed by atoms with E-state index in [2.05, 4.69) is 0 Å². The SMILES string of the molecule is CCC1OCCC1C(=O)N1CCOCC1CO. The van der Waals surface area contributed by atoms with Crippen LogP contribution >= 0.6 is 0 Å². The minimum absolute atomic E-state index is 0.0316. The third kappa shape index (κ3) is 2.61. The van der Waals surface area contributed by atoms with E-state index >= 15 is 0 Å². The number of hydrogen-bond donors (Lipinski definition) is 1. The number of aliphatic hydroxyl groups excluding tert-OH is 1. The van der Waals surface area contributed by atoms with Crippen molar-refractivity contribution in [3.8, 4) is 0 Å². The first kappa shape index (κ1) is 12.8. The maximum absolute atomic E-state index is 12.4. The van der Waals surface area contributed by atoms with Gasteiger partial charge in [-0.25, -0.2) is 0 Å². The third-order valence-corrected chi connectivity index (χ3v) is 3.65. The molecule has 2 heterocycles. The van der Waals surface area contributed by atoms with Crippen molar-refractivity contribution in [2.24, 2.45) is 5.92 Å². The Hall–Kier alpha value is -0.650. The smallest absolute Gasteiger partial charge is 0.228 e. The number of aliphatic hydroxyl groups is 1. The van der Waals surface area contributed by atoms with Gasteiger partial charge in [-0.3, -0.25) is 4.79 Å². The second kappa shape index (κ2) is 5.80. The van der Waals surface area contributed by atoms with Crippen molar-refractivity contribution in [2.75, 3.05) is 33.0 Å². The number of ether oxygens (including phenoxy) is 2. The average molecular weight is 243 g/mol. The number of hydrogen-bond acceptors (Lipinski definition) is 4. The fraction of sp³-hybridized carbons (Fsp3) is 0.917. The summed E-state index contributed by atoms with van der Waals surface area (Å²) in [5.41, 5.74) is 0. The van der Waals surface area contributed by atoms with Gasteiger partial charge in [-0.05, 0) is 12.8 Å². The van der Waals surface area contributed by atoms with Gasteiger partial charge < -0.3 is 19.5 Å². The van der Waals surface area contributed by atoms with Crippen LogP contribution in [-0.2, 0) is 14.3 Å². The van der Waals surface area contributed by atoms with E-state index in [1.807, 2.05) is 6.92 Å². The van der Waals surface area contributed by atoms with Crippen LogP contribution in [0.2, 0.25) is 0 Å². The minimum Gasteiger partial charge on any atom is -0.394 e. The van der Waals surface area contributed by atoms with Crippen LogP contribution in [0.15, 0.2) is 0 Å². The molecule has 2 aliphatic rings. The number of carbonyl (C=O) groups is 1. The van der Waals surface area contributed by atoms with Gasteiger partial charge in [-0.2, -0.15) is 0 Å². The zero-order valence-electron chi connectivity index (χ0n) is 10.3. The highest BCUT2D eigenvalue weighted by atomic mass is 16.5. The molecule has 2 fully saturated rings. The second-order valence-corrected chi connectivity index (χ2v) is 4.66. The normalized spacial score (nSPS) is 34.0. The Morgan fingerprint density at radius 3 is 3.00 bits per heavy atom. The molecule has 2 aliphatic heterocycles. The van der Waals surface area contributed by atoms with Crippen LogP contribution in [0.4, 0.5) is 0 Å². The van der Waals surface area contributed by atoms with E-state index in [9.17, 15) is 9.90 Å². The van der Waals surface area contributed by atoms with Crippen LogP contribution in [0.5, 0.6) is 0 Å². The molecule has 0 aromatic carbocycles. The summed E-state index contributed by atoms with van der Waals surface area (Å²) in [4.78, 5) is 14.2. The summed E-state index contributed by atoms with van der Waals surface area (Å²) in [6.45, 7) is 4.26. The molecule has 1 N–H and O–H groups in total. The third-order valence-electron chi connectivity index (χ3n) is 3.65. The summed E-state index contributed by atoms with van der Waals surface area (Å²) in [5, 5.41) is 9.27.